The number of carbonyl (C=O) groups is 3. The van der Waals surface area contributed by atoms with Crippen molar-refractivity contribution in [2.24, 2.45) is 0 Å². The molecule has 0 bridgehead atoms. The topological polar surface area (TPSA) is 116 Å². The van der Waals surface area contributed by atoms with Gasteiger partial charge in [0, 0.05) is 36.6 Å². The number of carbonyl (C=O) groups excluding carboxylic acids is 3. The standard InChI is InChI=1S/C21H17F3N4O5/c22-21(23,24)20(31)33-19(30)17-14-5-4-12-11-25-8-6-13(12)16(14)27-28(17)9-2-7-26-18(29)15-3-1-10-32-15/h1,3,6,8,10-11H,2,4-5,7,9H2,(H,26,29). The molecule has 1 aliphatic carbocycles. The van der Waals surface area contributed by atoms with Crippen molar-refractivity contribution >= 4 is 17.8 Å². The Bertz CT molecular complexity index is 1200. The van der Waals surface area contributed by atoms with E-state index in [1.807, 2.05) is 0 Å². The Labute approximate surface area is 184 Å². The van der Waals surface area contributed by atoms with Gasteiger partial charge in [-0.2, -0.15) is 18.3 Å². The molecule has 3 aromatic rings. The molecule has 1 amide bonds. The first kappa shape index (κ1) is 22.2. The fourth-order valence-electron chi connectivity index (χ4n) is 3.58. The third-order valence-electron chi connectivity index (χ3n) is 5.04. The fourth-order valence-corrected chi connectivity index (χ4v) is 3.58. The summed E-state index contributed by atoms with van der Waals surface area (Å²) in [6, 6.07) is 4.76. The van der Waals surface area contributed by atoms with Crippen LogP contribution in [0, 0.1) is 0 Å². The lowest BCUT2D eigenvalue weighted by Gasteiger charge is -2.15. The van der Waals surface area contributed by atoms with Crippen molar-refractivity contribution < 1.29 is 36.7 Å². The zero-order valence-corrected chi connectivity index (χ0v) is 17.0. The zero-order chi connectivity index (χ0) is 23.6. The van der Waals surface area contributed by atoms with Gasteiger partial charge in [0.15, 0.2) is 11.5 Å². The lowest BCUT2D eigenvalue weighted by Crippen LogP contribution is -2.30. The molecule has 0 unspecified atom stereocenters. The van der Waals surface area contributed by atoms with E-state index in [1.165, 1.54) is 17.0 Å². The van der Waals surface area contributed by atoms with Crippen molar-refractivity contribution in [3.8, 4) is 11.3 Å². The summed E-state index contributed by atoms with van der Waals surface area (Å²) in [4.78, 5) is 39.8. The first-order chi connectivity index (χ1) is 15.8. The Morgan fingerprint density at radius 1 is 1.21 bits per heavy atom. The lowest BCUT2D eigenvalue weighted by atomic mass is 9.90. The molecule has 3 aromatic heterocycles. The summed E-state index contributed by atoms with van der Waals surface area (Å²) < 4.78 is 48.2. The van der Waals surface area contributed by atoms with Gasteiger partial charge in [-0.3, -0.25) is 14.5 Å². The Morgan fingerprint density at radius 3 is 2.76 bits per heavy atom. The predicted molar refractivity (Wildman–Crippen MR) is 105 cm³/mol. The molecule has 0 fully saturated rings. The molecule has 0 saturated heterocycles. The number of esters is 2. The van der Waals surface area contributed by atoms with Crippen LogP contribution in [0.4, 0.5) is 13.2 Å². The highest BCUT2D eigenvalue weighted by molar-refractivity contribution is 5.99. The molecule has 172 valence electrons. The van der Waals surface area contributed by atoms with Crippen molar-refractivity contribution in [3.63, 3.8) is 0 Å². The van der Waals surface area contributed by atoms with Crippen molar-refractivity contribution in [2.45, 2.75) is 32.0 Å². The number of halogens is 3. The first-order valence-electron chi connectivity index (χ1n) is 9.93. The zero-order valence-electron chi connectivity index (χ0n) is 17.0. The Hall–Kier alpha value is -3.96. The number of aryl methyl sites for hydroxylation is 2. The number of aromatic nitrogens is 3. The minimum absolute atomic E-state index is 0.0799. The van der Waals surface area contributed by atoms with E-state index >= 15 is 0 Å². The van der Waals surface area contributed by atoms with Crippen molar-refractivity contribution in [1.82, 2.24) is 20.1 Å². The molecule has 9 nitrogen and oxygen atoms in total. The monoisotopic (exact) mass is 462 g/mol. The number of hydrogen-bond acceptors (Lipinski definition) is 7. The van der Waals surface area contributed by atoms with Crippen LogP contribution in [0.2, 0.25) is 0 Å². The Kier molecular flexibility index (Phi) is 5.99. The summed E-state index contributed by atoms with van der Waals surface area (Å²) in [5.74, 6) is -4.33. The van der Waals surface area contributed by atoms with Gasteiger partial charge in [0.1, 0.15) is 0 Å². The number of furan rings is 1. The minimum atomic E-state index is -5.31. The second-order valence-corrected chi connectivity index (χ2v) is 7.19. The number of nitrogens with one attached hydrogen (secondary N) is 1. The summed E-state index contributed by atoms with van der Waals surface area (Å²) in [5.41, 5.74) is 2.18. The van der Waals surface area contributed by atoms with E-state index in [-0.39, 0.29) is 24.5 Å². The predicted octanol–water partition coefficient (Wildman–Crippen LogP) is 2.70. The van der Waals surface area contributed by atoms with Crippen LogP contribution >= 0.6 is 0 Å². The van der Waals surface area contributed by atoms with Crippen LogP contribution in [-0.2, 0) is 28.9 Å². The van der Waals surface area contributed by atoms with Gasteiger partial charge in [-0.25, -0.2) is 9.59 Å². The lowest BCUT2D eigenvalue weighted by molar-refractivity contribution is -0.193. The highest BCUT2D eigenvalue weighted by Crippen LogP contribution is 2.34. The van der Waals surface area contributed by atoms with Gasteiger partial charge in [0.25, 0.3) is 5.91 Å². The van der Waals surface area contributed by atoms with Crippen molar-refractivity contribution in [2.75, 3.05) is 6.54 Å². The minimum Gasteiger partial charge on any atom is -0.459 e. The van der Waals surface area contributed by atoms with E-state index in [2.05, 4.69) is 20.1 Å². The number of nitrogens with zero attached hydrogens (tertiary/aromatic N) is 3. The molecule has 0 saturated carbocycles. The van der Waals surface area contributed by atoms with Crippen LogP contribution in [0.25, 0.3) is 11.3 Å². The van der Waals surface area contributed by atoms with E-state index < -0.39 is 24.0 Å². The van der Waals surface area contributed by atoms with Gasteiger partial charge in [0.2, 0.25) is 0 Å². The maximum atomic E-state index is 12.6. The third-order valence-corrected chi connectivity index (χ3v) is 5.04. The molecule has 0 spiro atoms. The average Bonchev–Trinajstić information content (AvgIpc) is 3.44. The van der Waals surface area contributed by atoms with Gasteiger partial charge >= 0.3 is 18.1 Å². The number of ether oxygens (including phenoxy) is 1. The van der Waals surface area contributed by atoms with Crippen molar-refractivity contribution in [3.05, 3.63) is 59.4 Å². The highest BCUT2D eigenvalue weighted by atomic mass is 19.4. The van der Waals surface area contributed by atoms with Crippen LogP contribution in [0.1, 0.15) is 38.6 Å². The number of rotatable bonds is 6. The fraction of sp³-hybridized carbons (Fsp3) is 0.286. The van der Waals surface area contributed by atoms with Gasteiger partial charge < -0.3 is 14.5 Å². The summed E-state index contributed by atoms with van der Waals surface area (Å²) in [5, 5.41) is 7.05. The Morgan fingerprint density at radius 2 is 2.03 bits per heavy atom. The summed E-state index contributed by atoms with van der Waals surface area (Å²) >= 11 is 0. The molecular formula is C21H17F3N4O5. The number of alkyl halides is 3. The summed E-state index contributed by atoms with van der Waals surface area (Å²) in [7, 11) is 0. The average molecular weight is 462 g/mol. The van der Waals surface area contributed by atoms with Gasteiger partial charge in [0.05, 0.1) is 12.0 Å². The SMILES string of the molecule is O=C(NCCCn1nc2c(c1C(=O)OC(=O)C(F)(F)F)CCc1cnccc1-2)c1ccco1. The summed E-state index contributed by atoms with van der Waals surface area (Å²) in [6.45, 7) is 0.261. The van der Waals surface area contributed by atoms with Crippen LogP contribution in [0.5, 0.6) is 0 Å². The number of amides is 1. The van der Waals surface area contributed by atoms with E-state index in [4.69, 9.17) is 4.42 Å². The molecule has 1 aliphatic rings. The normalized spacial score (nSPS) is 12.6. The molecule has 3 heterocycles. The molecule has 12 heteroatoms. The maximum Gasteiger partial charge on any atom is 0.491 e. The molecule has 4 rings (SSSR count). The van der Waals surface area contributed by atoms with Crippen LogP contribution in [0.3, 0.4) is 0 Å². The van der Waals surface area contributed by atoms with Gasteiger partial charge in [-0.1, -0.05) is 0 Å². The van der Waals surface area contributed by atoms with E-state index in [9.17, 15) is 27.6 Å². The maximum absolute atomic E-state index is 12.6. The Balaban J connectivity index is 1.56. The summed E-state index contributed by atoms with van der Waals surface area (Å²) in [6.07, 6.45) is 0.354. The molecule has 0 radical (unpaired) electrons. The quantitative estimate of drug-likeness (QED) is 0.340. The molecule has 0 aromatic carbocycles. The highest BCUT2D eigenvalue weighted by Gasteiger charge is 2.43. The van der Waals surface area contributed by atoms with Crippen LogP contribution in [0.15, 0.2) is 41.3 Å². The van der Waals surface area contributed by atoms with Gasteiger partial charge in [-0.05, 0) is 43.0 Å². The first-order valence-corrected chi connectivity index (χ1v) is 9.93. The van der Waals surface area contributed by atoms with E-state index in [1.54, 1.807) is 24.5 Å². The third kappa shape index (κ3) is 4.64. The van der Waals surface area contributed by atoms with Crippen LogP contribution < -0.4 is 5.32 Å². The molecule has 0 atom stereocenters. The van der Waals surface area contributed by atoms with Crippen LogP contribution in [-0.4, -0.2) is 45.3 Å². The second kappa shape index (κ2) is 8.88. The molecule has 33 heavy (non-hydrogen) atoms. The number of hydrogen-bond donors (Lipinski definition) is 1. The molecule has 0 aliphatic heterocycles. The van der Waals surface area contributed by atoms with Crippen molar-refractivity contribution in [1.29, 1.82) is 0 Å². The van der Waals surface area contributed by atoms with Gasteiger partial charge in [-0.15, -0.1) is 0 Å². The molecule has 1 N–H and O–H groups in total. The van der Waals surface area contributed by atoms with E-state index in [0.717, 1.165) is 5.56 Å². The largest absolute Gasteiger partial charge is 0.491 e. The molecular weight excluding hydrogens is 445 g/mol. The number of pyridine rings is 1. The second-order valence-electron chi connectivity index (χ2n) is 7.19. The van der Waals surface area contributed by atoms with E-state index in [0.29, 0.717) is 36.1 Å². The smallest absolute Gasteiger partial charge is 0.459 e. The number of fused-ring (bicyclic) bond motifs is 3.